The minimum absolute atomic E-state index is 0.249. The fourth-order valence-corrected chi connectivity index (χ4v) is 3.75. The Morgan fingerprint density at radius 2 is 1.88 bits per heavy atom. The molecule has 1 amide bonds. The van der Waals surface area contributed by atoms with Crippen molar-refractivity contribution in [1.82, 2.24) is 10.6 Å². The van der Waals surface area contributed by atoms with Crippen molar-refractivity contribution in [2.75, 3.05) is 13.1 Å². The first-order valence-corrected chi connectivity index (χ1v) is 6.82. The van der Waals surface area contributed by atoms with E-state index in [9.17, 15) is 4.79 Å². The van der Waals surface area contributed by atoms with E-state index in [-0.39, 0.29) is 16.7 Å². The molecule has 2 aliphatic carbocycles. The summed E-state index contributed by atoms with van der Waals surface area (Å²) in [6, 6.07) is 0.356. The van der Waals surface area contributed by atoms with E-state index in [1.54, 1.807) is 0 Å². The van der Waals surface area contributed by atoms with Crippen LogP contribution in [0.1, 0.15) is 40.5 Å². The predicted octanol–water partition coefficient (Wildman–Crippen LogP) is 1.54. The van der Waals surface area contributed by atoms with E-state index < -0.39 is 0 Å². The molecule has 3 rings (SSSR count). The molecule has 2 atom stereocenters. The Hall–Kier alpha value is -0.570. The molecule has 0 radical (unpaired) electrons. The smallest absolute Gasteiger partial charge is 0.223 e. The van der Waals surface area contributed by atoms with Gasteiger partial charge in [-0.05, 0) is 35.6 Å². The van der Waals surface area contributed by atoms with Crippen molar-refractivity contribution in [3.63, 3.8) is 0 Å². The van der Waals surface area contributed by atoms with Gasteiger partial charge < -0.3 is 10.6 Å². The number of amides is 1. The molecular formula is C14H24N2O. The molecule has 3 aliphatic rings. The average Bonchev–Trinajstić information content (AvgIpc) is 2.85. The van der Waals surface area contributed by atoms with E-state index in [4.69, 9.17) is 0 Å². The van der Waals surface area contributed by atoms with Crippen LogP contribution in [0.15, 0.2) is 0 Å². The summed E-state index contributed by atoms with van der Waals surface area (Å²) in [5.41, 5.74) is 0.824. The predicted molar refractivity (Wildman–Crippen MR) is 67.5 cm³/mol. The first kappa shape index (κ1) is 11.5. The molecule has 0 bridgehead atoms. The van der Waals surface area contributed by atoms with Crippen molar-refractivity contribution >= 4 is 5.91 Å². The summed E-state index contributed by atoms with van der Waals surface area (Å²) in [6.07, 6.45) is 2.28. The highest BCUT2D eigenvalue weighted by molar-refractivity contribution is 5.83. The highest BCUT2D eigenvalue weighted by Gasteiger charge is 2.67. The van der Waals surface area contributed by atoms with Crippen molar-refractivity contribution in [3.05, 3.63) is 0 Å². The molecular weight excluding hydrogens is 212 g/mol. The van der Waals surface area contributed by atoms with Gasteiger partial charge in [-0.2, -0.15) is 0 Å². The van der Waals surface area contributed by atoms with Crippen molar-refractivity contribution in [1.29, 1.82) is 0 Å². The normalized spacial score (nSPS) is 41.5. The number of rotatable bonds is 2. The lowest BCUT2D eigenvalue weighted by molar-refractivity contribution is -0.123. The van der Waals surface area contributed by atoms with Gasteiger partial charge in [0, 0.05) is 18.5 Å². The van der Waals surface area contributed by atoms with Crippen LogP contribution in [0.2, 0.25) is 0 Å². The minimum Gasteiger partial charge on any atom is -0.352 e. The number of hydrogen-bond donors (Lipinski definition) is 2. The van der Waals surface area contributed by atoms with Gasteiger partial charge in [0.1, 0.15) is 0 Å². The maximum Gasteiger partial charge on any atom is 0.223 e. The van der Waals surface area contributed by atoms with E-state index in [0.29, 0.717) is 17.4 Å². The first-order chi connectivity index (χ1) is 7.81. The van der Waals surface area contributed by atoms with Gasteiger partial charge in [0.05, 0.1) is 0 Å². The van der Waals surface area contributed by atoms with Crippen molar-refractivity contribution in [2.45, 2.75) is 46.6 Å². The molecule has 1 aliphatic heterocycles. The van der Waals surface area contributed by atoms with Crippen molar-refractivity contribution < 1.29 is 4.79 Å². The minimum atomic E-state index is 0.249. The third-order valence-electron chi connectivity index (χ3n) is 6.09. The molecule has 0 aromatic carbocycles. The fourth-order valence-electron chi connectivity index (χ4n) is 3.75. The summed E-state index contributed by atoms with van der Waals surface area (Å²) in [5, 5.41) is 6.66. The summed E-state index contributed by atoms with van der Waals surface area (Å²) in [7, 11) is 0. The summed E-state index contributed by atoms with van der Waals surface area (Å²) in [4.78, 5) is 12.3. The fraction of sp³-hybridized carbons (Fsp3) is 0.929. The number of carbonyl (C=O) groups excluding carboxylic acids is 1. The van der Waals surface area contributed by atoms with Gasteiger partial charge in [0.25, 0.3) is 0 Å². The molecule has 1 saturated heterocycles. The SMILES string of the molecule is CC1(C)C(NC(=O)C2CC23CCNC3)C1(C)C. The van der Waals surface area contributed by atoms with E-state index in [0.717, 1.165) is 19.5 Å². The maximum atomic E-state index is 12.3. The highest BCUT2D eigenvalue weighted by atomic mass is 16.2. The van der Waals surface area contributed by atoms with Crippen LogP contribution in [0, 0.1) is 22.2 Å². The quantitative estimate of drug-likeness (QED) is 0.763. The van der Waals surface area contributed by atoms with Gasteiger partial charge >= 0.3 is 0 Å². The highest BCUT2D eigenvalue weighted by Crippen LogP contribution is 2.63. The van der Waals surface area contributed by atoms with Crippen LogP contribution in [-0.4, -0.2) is 25.0 Å². The lowest BCUT2D eigenvalue weighted by atomic mass is 10.0. The topological polar surface area (TPSA) is 41.1 Å². The molecule has 3 fully saturated rings. The number of carbonyl (C=O) groups is 1. The second-order valence-corrected chi connectivity index (χ2v) is 7.43. The lowest BCUT2D eigenvalue weighted by Gasteiger charge is -2.09. The lowest BCUT2D eigenvalue weighted by Crippen LogP contribution is -2.33. The van der Waals surface area contributed by atoms with Gasteiger partial charge in [-0.1, -0.05) is 27.7 Å². The van der Waals surface area contributed by atoms with Crippen LogP contribution in [0.25, 0.3) is 0 Å². The van der Waals surface area contributed by atoms with Gasteiger partial charge in [0.15, 0.2) is 0 Å². The Kier molecular flexibility index (Phi) is 2.07. The molecule has 2 N–H and O–H groups in total. The zero-order valence-electron chi connectivity index (χ0n) is 11.4. The number of nitrogens with one attached hydrogen (secondary N) is 2. The Morgan fingerprint density at radius 1 is 1.24 bits per heavy atom. The zero-order valence-corrected chi connectivity index (χ0v) is 11.4. The maximum absolute atomic E-state index is 12.3. The molecule has 3 nitrogen and oxygen atoms in total. The Labute approximate surface area is 104 Å². The molecule has 17 heavy (non-hydrogen) atoms. The molecule has 2 saturated carbocycles. The third-order valence-corrected chi connectivity index (χ3v) is 6.09. The summed E-state index contributed by atoms with van der Waals surface area (Å²) >= 11 is 0. The molecule has 0 aromatic rings. The molecule has 3 heteroatoms. The molecule has 0 aromatic heterocycles. The van der Waals surface area contributed by atoms with Crippen molar-refractivity contribution in [3.8, 4) is 0 Å². The van der Waals surface area contributed by atoms with Gasteiger partial charge in [-0.3, -0.25) is 4.79 Å². The van der Waals surface area contributed by atoms with Gasteiger partial charge in [-0.15, -0.1) is 0 Å². The molecule has 1 heterocycles. The molecule has 96 valence electrons. The van der Waals surface area contributed by atoms with Gasteiger partial charge in [0.2, 0.25) is 5.91 Å². The van der Waals surface area contributed by atoms with Gasteiger partial charge in [-0.25, -0.2) is 0 Å². The second kappa shape index (κ2) is 3.05. The summed E-state index contributed by atoms with van der Waals surface area (Å²) < 4.78 is 0. The van der Waals surface area contributed by atoms with E-state index in [1.807, 2.05) is 0 Å². The van der Waals surface area contributed by atoms with Crippen molar-refractivity contribution in [2.24, 2.45) is 22.2 Å². The summed E-state index contributed by atoms with van der Waals surface area (Å²) in [6.45, 7) is 11.1. The Bertz CT molecular complexity index is 352. The van der Waals surface area contributed by atoms with E-state index in [2.05, 4.69) is 38.3 Å². The molecule has 1 spiro atoms. The number of hydrogen-bond acceptors (Lipinski definition) is 2. The van der Waals surface area contributed by atoms with Crippen LogP contribution < -0.4 is 10.6 Å². The summed E-state index contributed by atoms with van der Waals surface area (Å²) in [5.74, 6) is 0.585. The average molecular weight is 236 g/mol. The van der Waals surface area contributed by atoms with E-state index >= 15 is 0 Å². The van der Waals surface area contributed by atoms with Crippen LogP contribution in [-0.2, 0) is 4.79 Å². The van der Waals surface area contributed by atoms with Crippen LogP contribution in [0.5, 0.6) is 0 Å². The first-order valence-electron chi connectivity index (χ1n) is 6.82. The van der Waals surface area contributed by atoms with E-state index in [1.165, 1.54) is 6.42 Å². The molecule has 2 unspecified atom stereocenters. The Balaban J connectivity index is 1.60. The standard InChI is InChI=1S/C14H24N2O/c1-12(2)11(13(12,3)4)16-10(17)9-7-14(9)5-6-15-8-14/h9,11,15H,5-8H2,1-4H3,(H,16,17). The second-order valence-electron chi connectivity index (χ2n) is 7.43. The third kappa shape index (κ3) is 1.41. The Morgan fingerprint density at radius 3 is 2.35 bits per heavy atom. The zero-order chi connectivity index (χ0) is 12.5. The van der Waals surface area contributed by atoms with Crippen LogP contribution >= 0.6 is 0 Å². The monoisotopic (exact) mass is 236 g/mol. The largest absolute Gasteiger partial charge is 0.352 e. The van der Waals surface area contributed by atoms with Crippen LogP contribution in [0.3, 0.4) is 0 Å². The van der Waals surface area contributed by atoms with Crippen LogP contribution in [0.4, 0.5) is 0 Å².